The van der Waals surface area contributed by atoms with Crippen LogP contribution in [0.2, 0.25) is 0 Å². The number of nitrogens with two attached hydrogens (primary N) is 2. The number of aromatic nitrogens is 3. The van der Waals surface area contributed by atoms with Crippen molar-refractivity contribution >= 4 is 81.9 Å². The van der Waals surface area contributed by atoms with Gasteiger partial charge >= 0.3 is 18.1 Å². The molecule has 11 rings (SSSR count). The van der Waals surface area contributed by atoms with Crippen LogP contribution in [0.5, 0.6) is 0 Å². The second kappa shape index (κ2) is 48.6. The van der Waals surface area contributed by atoms with E-state index in [-0.39, 0.29) is 176 Å². The summed E-state index contributed by atoms with van der Waals surface area (Å²) in [7, 11) is 0. The summed E-state index contributed by atoms with van der Waals surface area (Å²) >= 11 is 0. The molecule has 710 valence electrons. The number of nitrogens with zero attached hydrogens (tertiary/aromatic N) is 4. The van der Waals surface area contributed by atoms with Crippen molar-refractivity contribution in [3.8, 4) is 22.5 Å². The summed E-state index contributed by atoms with van der Waals surface area (Å²) in [6, 6.07) is 30.7. The Morgan fingerprint density at radius 1 is 0.573 bits per heavy atom. The number of fused-ring (bicyclic) bond motifs is 11. The van der Waals surface area contributed by atoms with E-state index in [1.807, 2.05) is 77.5 Å². The number of rotatable bonds is 53. The van der Waals surface area contributed by atoms with E-state index in [0.29, 0.717) is 87.0 Å². The van der Waals surface area contributed by atoms with Crippen LogP contribution in [0, 0.1) is 34.5 Å². The molecule has 0 bridgehead atoms. The van der Waals surface area contributed by atoms with Gasteiger partial charge in [0.15, 0.2) is 11.6 Å². The first-order chi connectivity index (χ1) is 63.0. The highest BCUT2D eigenvalue weighted by Gasteiger charge is 2.58. The number of carboxylic acid groups (broad SMARTS) is 1. The number of nitrogen functional groups attached to an aromatic ring is 1. The number of amides is 7. The van der Waals surface area contributed by atoms with Gasteiger partial charge in [0.05, 0.1) is 129 Å². The third kappa shape index (κ3) is 27.1. The minimum Gasteiger partial charge on any atom is -0.481 e. The molecular formula is C100H135N11O20. The van der Waals surface area contributed by atoms with Crippen LogP contribution in [-0.4, -0.2) is 203 Å². The molecule has 2 saturated carbocycles. The Labute approximate surface area is 768 Å². The van der Waals surface area contributed by atoms with Crippen molar-refractivity contribution in [1.29, 1.82) is 0 Å². The second-order valence-electron chi connectivity index (χ2n) is 36.7. The first-order valence-electron chi connectivity index (χ1n) is 46.8. The van der Waals surface area contributed by atoms with Crippen LogP contribution in [0.3, 0.4) is 0 Å². The van der Waals surface area contributed by atoms with Crippen LogP contribution in [0.1, 0.15) is 203 Å². The molecular weight excluding hydrogens is 1680 g/mol. The molecule has 9 atom stereocenters. The number of aryl methyl sites for hydroxylation is 2. The van der Waals surface area contributed by atoms with Crippen molar-refractivity contribution in [2.24, 2.45) is 40.2 Å². The van der Waals surface area contributed by atoms with Gasteiger partial charge in [0.25, 0.3) is 0 Å². The Morgan fingerprint density at radius 2 is 1.15 bits per heavy atom. The monoisotopic (exact) mass is 1810 g/mol. The molecule has 5 aromatic carbocycles. The van der Waals surface area contributed by atoms with Gasteiger partial charge in [-0.3, -0.25) is 43.2 Å². The number of urea groups is 1. The lowest BCUT2D eigenvalue weighted by molar-refractivity contribution is -0.146. The molecule has 0 spiro atoms. The van der Waals surface area contributed by atoms with E-state index in [0.717, 1.165) is 110 Å². The van der Waals surface area contributed by atoms with E-state index in [1.165, 1.54) is 11.1 Å². The normalized spacial score (nSPS) is 20.1. The van der Waals surface area contributed by atoms with Gasteiger partial charge in [-0.1, -0.05) is 152 Å². The fourth-order valence-corrected chi connectivity index (χ4v) is 20.2. The number of Topliss-reactive ketones (excluding diaryl/α,β-unsaturated/α-hetero) is 4. The number of unbranched alkanes of at least 4 members (excludes halogenated alkanes) is 1. The molecule has 31 heteroatoms. The van der Waals surface area contributed by atoms with Gasteiger partial charge in [-0.2, -0.15) is 0 Å². The lowest BCUT2D eigenvalue weighted by Gasteiger charge is -2.56. The number of anilines is 3. The van der Waals surface area contributed by atoms with E-state index < -0.39 is 76.4 Å². The number of carbonyl (C=O) groups excluding carboxylic acids is 10. The van der Waals surface area contributed by atoms with Crippen molar-refractivity contribution in [2.45, 2.75) is 226 Å². The van der Waals surface area contributed by atoms with Gasteiger partial charge in [-0.15, -0.1) is 5.10 Å². The number of alkyl carbamates (subject to hydrolysis) is 1. The molecule has 6 aromatic rings. The Morgan fingerprint density at radius 3 is 1.78 bits per heavy atom. The zero-order valence-electron chi connectivity index (χ0n) is 77.3. The summed E-state index contributed by atoms with van der Waals surface area (Å²) in [5.41, 5.74) is 21.1. The van der Waals surface area contributed by atoms with Gasteiger partial charge in [-0.05, 0) is 168 Å². The van der Waals surface area contributed by atoms with E-state index in [1.54, 1.807) is 43.0 Å². The third-order valence-electron chi connectivity index (χ3n) is 27.3. The van der Waals surface area contributed by atoms with E-state index in [2.05, 4.69) is 83.6 Å². The fraction of sp³-hybridized carbons (Fsp3) is 0.570. The summed E-state index contributed by atoms with van der Waals surface area (Å²) in [6.07, 6.45) is 8.26. The number of ether oxygens (including phenoxy) is 8. The largest absolute Gasteiger partial charge is 0.481 e. The number of carbonyl (C=O) groups is 11. The van der Waals surface area contributed by atoms with Gasteiger partial charge in [0.2, 0.25) is 23.6 Å². The van der Waals surface area contributed by atoms with E-state index in [4.69, 9.17) is 49.4 Å². The zero-order chi connectivity index (χ0) is 93.7. The number of para-hydroxylation sites is 1. The first-order valence-corrected chi connectivity index (χ1v) is 46.8. The number of hydrogen-bond acceptors (Lipinski definition) is 22. The summed E-state index contributed by atoms with van der Waals surface area (Å²) in [5, 5.41) is 32.6. The molecule has 2 fully saturated rings. The minimum atomic E-state index is -1.44. The van der Waals surface area contributed by atoms with Gasteiger partial charge in [-0.25, -0.2) is 14.3 Å². The molecule has 0 radical (unpaired) electrons. The van der Waals surface area contributed by atoms with Crippen LogP contribution in [0.15, 0.2) is 109 Å². The molecule has 31 nitrogen and oxygen atoms in total. The predicted octanol–water partition coefficient (Wildman–Crippen LogP) is 12.2. The summed E-state index contributed by atoms with van der Waals surface area (Å²) in [5.74, 6) is -4.88. The molecule has 1 aliphatic heterocycles. The number of nitrogens with one attached hydrogen (secondary N) is 5. The van der Waals surface area contributed by atoms with Gasteiger partial charge in [0.1, 0.15) is 29.9 Å². The van der Waals surface area contributed by atoms with Gasteiger partial charge < -0.3 is 86.0 Å². The van der Waals surface area contributed by atoms with Crippen LogP contribution in [0.4, 0.5) is 26.7 Å². The standard InChI is InChI=1S/C100H135N11O20/c1-8-9-44-124-48-52-128-55-51-127-47-43-111-93-75-19-11-10-17-72(75)64-110(80-21-13-12-20-76(80)92(93)108-109-111)89(118)35-34-87(116)103-42-46-126-50-54-130-57-56-129-53-49-125-45-36-88(117)107-91(66(2)3)82(113)60-71(18-14-41-104-95(102)122)94(121)105-74-30-23-67(24-31-74)65-131-96(123)106-79(62-90(119)120)81(112)59-68-22-25-69-27-32-83-97(4,77(69)58-68)37-15-39-99(83,6)85(114)63-86(115)100(7)40-16-38-98(5)78-61-73(101)29-26-70(78)28-33-84(98)100/h10-13,17,19-26,29-31,58,61,66,71,79,83-84,91H,8-9,14-16,18,27-28,32-57,59-60,62-65,101H2,1-7H3,(H,103,116)(H,105,121)(H,106,123)(H,107,117)(H,119,120)(H3,102,104,122)/t71-,79+,83-,84-,91+,97-,98-,99+,100+/m1/s1. The number of aliphatic carboxylic acids is 1. The quantitative estimate of drug-likeness (QED) is 0.00998. The molecule has 2 heterocycles. The molecule has 10 N–H and O–H groups in total. The molecule has 4 aliphatic carbocycles. The van der Waals surface area contributed by atoms with Crippen molar-refractivity contribution in [3.63, 3.8) is 0 Å². The molecule has 131 heavy (non-hydrogen) atoms. The number of benzene rings is 5. The maximum absolute atomic E-state index is 15.0. The number of primary amides is 1. The predicted molar refractivity (Wildman–Crippen MR) is 494 cm³/mol. The van der Waals surface area contributed by atoms with Crippen LogP contribution < -0.4 is 43.0 Å². The summed E-state index contributed by atoms with van der Waals surface area (Å²) in [6.45, 7) is 20.0. The molecule has 1 aromatic heterocycles. The minimum absolute atomic E-state index is 0.00562. The van der Waals surface area contributed by atoms with E-state index >= 15 is 4.79 Å². The Hall–Kier alpha value is -10.7. The average molecular weight is 1810 g/mol. The number of hydrogen-bond donors (Lipinski definition) is 8. The van der Waals surface area contributed by atoms with Crippen molar-refractivity contribution in [2.75, 3.05) is 122 Å². The summed E-state index contributed by atoms with van der Waals surface area (Å²) in [4.78, 5) is 151. The lowest BCUT2D eigenvalue weighted by atomic mass is 9.47. The van der Waals surface area contributed by atoms with Gasteiger partial charge in [0, 0.05) is 91.1 Å². The van der Waals surface area contributed by atoms with Crippen molar-refractivity contribution < 1.29 is 95.7 Å². The number of ketones is 4. The average Bonchev–Trinajstić information content (AvgIpc) is 1.55. The van der Waals surface area contributed by atoms with E-state index in [9.17, 15) is 53.1 Å². The highest BCUT2D eigenvalue weighted by Crippen LogP contribution is 2.61. The molecule has 0 saturated heterocycles. The zero-order valence-corrected chi connectivity index (χ0v) is 77.3. The highest BCUT2D eigenvalue weighted by molar-refractivity contribution is 6.05. The second-order valence-corrected chi connectivity index (χ2v) is 36.7. The molecule has 7 amide bonds. The summed E-state index contributed by atoms with van der Waals surface area (Å²) < 4.78 is 47.0. The lowest BCUT2D eigenvalue weighted by Crippen LogP contribution is -2.55. The SMILES string of the molecule is CCCCOCCOCCOCCn1nnc2c1-c1ccccc1CN(C(=O)CCC(=O)NCCOCCOCCOCCOCCC(=O)N[C@H](C(=O)C[C@@H](CCCNC(N)=O)C(=O)Nc1ccc(COC(=O)N[C@@H](CC(=O)O)C(=O)Cc3ccc4c(c3)[C@@]3(C)CCC[C@](C)(C(=O)CC(=O)[C@@]5(C)CCC[C@]6(C)c7cc(N)ccc7CC[C@@H]56)[C@@H]3CC4)cc1)C(C)C)c1ccccc1-2. The Balaban J connectivity index is 0.552. The molecule has 5 aliphatic rings. The highest BCUT2D eigenvalue weighted by atomic mass is 16.6. The smallest absolute Gasteiger partial charge is 0.408 e. The van der Waals surface area contributed by atoms with Crippen LogP contribution in [-0.2, 0) is 131 Å². The maximum Gasteiger partial charge on any atom is 0.408 e. The van der Waals surface area contributed by atoms with Crippen molar-refractivity contribution in [3.05, 3.63) is 148 Å². The Bertz CT molecular complexity index is 4920. The van der Waals surface area contributed by atoms with Crippen molar-refractivity contribution in [1.82, 2.24) is 36.3 Å². The third-order valence-corrected chi connectivity index (χ3v) is 27.3. The number of carboxylic acids is 1. The Kier molecular flexibility index (Phi) is 37.5. The maximum atomic E-state index is 15.0. The van der Waals surface area contributed by atoms with Crippen LogP contribution in [0.25, 0.3) is 22.5 Å². The van der Waals surface area contributed by atoms with Crippen LogP contribution >= 0.6 is 0 Å². The first kappa shape index (κ1) is 101. The topological polar surface area (TPSA) is 428 Å². The molecule has 0 unspecified atom stereocenters. The fourth-order valence-electron chi connectivity index (χ4n) is 20.2.